The fourth-order valence-electron chi connectivity index (χ4n) is 4.81. The van der Waals surface area contributed by atoms with Gasteiger partial charge in [-0.15, -0.1) is 13.2 Å². The van der Waals surface area contributed by atoms with Crippen LogP contribution >= 0.6 is 0 Å². The van der Waals surface area contributed by atoms with Gasteiger partial charge < -0.3 is 4.74 Å². The van der Waals surface area contributed by atoms with Gasteiger partial charge in [-0.05, 0) is 60.1 Å². The van der Waals surface area contributed by atoms with E-state index in [1.54, 1.807) is 0 Å². The van der Waals surface area contributed by atoms with Gasteiger partial charge in [0.05, 0.1) is 5.56 Å². The van der Waals surface area contributed by atoms with Gasteiger partial charge in [0.1, 0.15) is 11.6 Å². The number of unbranched alkanes of at least 4 members (excludes halogenated alkanes) is 1. The Kier molecular flexibility index (Phi) is 8.71. The third-order valence-electron chi connectivity index (χ3n) is 6.56. The molecule has 1 saturated carbocycles. The smallest absolute Gasteiger partial charge is 0.403 e. The lowest BCUT2D eigenvalue weighted by atomic mass is 9.78. The Labute approximate surface area is 191 Å². The Morgan fingerprint density at radius 3 is 1.91 bits per heavy atom. The lowest BCUT2D eigenvalue weighted by Crippen LogP contribution is -2.17. The second-order valence-electron chi connectivity index (χ2n) is 9.05. The molecule has 1 nitrogen and oxygen atoms in total. The van der Waals surface area contributed by atoms with Gasteiger partial charge in [-0.3, -0.25) is 0 Å². The number of hydrogen-bond acceptors (Lipinski definition) is 1. The molecule has 0 heterocycles. The van der Waals surface area contributed by atoms with Crippen LogP contribution in [-0.2, 0) is 6.42 Å². The van der Waals surface area contributed by atoms with Gasteiger partial charge in [0.15, 0.2) is 11.6 Å². The Morgan fingerprint density at radius 1 is 0.818 bits per heavy atom. The molecule has 0 bridgehead atoms. The van der Waals surface area contributed by atoms with Crippen LogP contribution in [0.2, 0.25) is 0 Å². The molecule has 0 N–H and O–H groups in total. The van der Waals surface area contributed by atoms with Crippen molar-refractivity contribution >= 4 is 0 Å². The molecule has 182 valence electrons. The highest BCUT2D eigenvalue weighted by Gasteiger charge is 2.32. The van der Waals surface area contributed by atoms with E-state index < -0.39 is 35.1 Å². The van der Waals surface area contributed by atoms with E-state index >= 15 is 0 Å². The molecule has 1 aliphatic rings. The van der Waals surface area contributed by atoms with Crippen molar-refractivity contribution < 1.29 is 31.1 Å². The number of halogens is 6. The van der Waals surface area contributed by atoms with Crippen molar-refractivity contribution in [3.8, 4) is 16.9 Å². The quantitative estimate of drug-likeness (QED) is 0.331. The second-order valence-corrected chi connectivity index (χ2v) is 9.05. The zero-order valence-electron chi connectivity index (χ0n) is 18.8. The third-order valence-corrected chi connectivity index (χ3v) is 6.56. The molecular weight excluding hydrogens is 442 g/mol. The van der Waals surface area contributed by atoms with Gasteiger partial charge in [-0.1, -0.05) is 64.4 Å². The van der Waals surface area contributed by atoms with Gasteiger partial charge >= 0.3 is 6.36 Å². The fourth-order valence-corrected chi connectivity index (χ4v) is 4.81. The van der Waals surface area contributed by atoms with Crippen LogP contribution in [0.4, 0.5) is 26.3 Å². The van der Waals surface area contributed by atoms with Crippen molar-refractivity contribution in [2.24, 2.45) is 11.8 Å². The normalized spacial score (nSPS) is 19.0. The van der Waals surface area contributed by atoms with Crippen LogP contribution < -0.4 is 4.74 Å². The second kappa shape index (κ2) is 11.3. The lowest BCUT2D eigenvalue weighted by Gasteiger charge is -2.28. The average molecular weight is 473 g/mol. The molecule has 1 fully saturated rings. The standard InChI is InChI=1S/C26H30F6O/c1-2-3-5-17-8-10-18(11-9-17)6-4-7-19-14-22(28)25(23(29)15-19)20-12-13-24(21(27)16-20)33-26(30,31)32/h12-18H,2-11H2,1H3. The van der Waals surface area contributed by atoms with Crippen LogP contribution in [0.3, 0.4) is 0 Å². The first kappa shape index (κ1) is 25.4. The van der Waals surface area contributed by atoms with Gasteiger partial charge in [0.25, 0.3) is 0 Å². The van der Waals surface area contributed by atoms with Gasteiger partial charge in [0, 0.05) is 0 Å². The molecule has 0 amide bonds. The Bertz CT molecular complexity index is 892. The van der Waals surface area contributed by atoms with E-state index in [9.17, 15) is 26.3 Å². The maximum absolute atomic E-state index is 14.7. The summed E-state index contributed by atoms with van der Waals surface area (Å²) in [6, 6.07) is 4.79. The molecule has 0 aliphatic heterocycles. The fraction of sp³-hybridized carbons (Fsp3) is 0.538. The summed E-state index contributed by atoms with van der Waals surface area (Å²) in [6.45, 7) is 2.21. The first-order chi connectivity index (χ1) is 15.7. The minimum absolute atomic E-state index is 0.191. The van der Waals surface area contributed by atoms with E-state index in [0.29, 0.717) is 30.0 Å². The van der Waals surface area contributed by atoms with Gasteiger partial charge in [-0.2, -0.15) is 0 Å². The van der Waals surface area contributed by atoms with Gasteiger partial charge in [0.2, 0.25) is 0 Å². The van der Waals surface area contributed by atoms with Gasteiger partial charge in [-0.25, -0.2) is 13.2 Å². The molecule has 0 unspecified atom stereocenters. The summed E-state index contributed by atoms with van der Waals surface area (Å²) in [5.41, 5.74) is -0.145. The van der Waals surface area contributed by atoms with Crippen molar-refractivity contribution in [3.63, 3.8) is 0 Å². The highest BCUT2D eigenvalue weighted by molar-refractivity contribution is 5.66. The van der Waals surface area contributed by atoms with Crippen LogP contribution in [0.5, 0.6) is 5.75 Å². The molecule has 7 heteroatoms. The minimum atomic E-state index is -5.06. The van der Waals surface area contributed by atoms with E-state index in [1.165, 1.54) is 57.1 Å². The molecule has 0 saturated heterocycles. The topological polar surface area (TPSA) is 9.23 Å². The molecule has 0 spiro atoms. The molecule has 1 aliphatic carbocycles. The van der Waals surface area contributed by atoms with Crippen molar-refractivity contribution in [3.05, 3.63) is 53.3 Å². The Morgan fingerprint density at radius 2 is 1.39 bits per heavy atom. The van der Waals surface area contributed by atoms with Crippen molar-refractivity contribution in [2.45, 2.75) is 77.5 Å². The summed E-state index contributed by atoms with van der Waals surface area (Å²) in [7, 11) is 0. The summed E-state index contributed by atoms with van der Waals surface area (Å²) < 4.78 is 83.7. The molecule has 33 heavy (non-hydrogen) atoms. The van der Waals surface area contributed by atoms with Crippen LogP contribution in [0, 0.1) is 29.3 Å². The van der Waals surface area contributed by atoms with E-state index in [2.05, 4.69) is 11.7 Å². The van der Waals surface area contributed by atoms with Crippen LogP contribution in [0.25, 0.3) is 11.1 Å². The molecule has 2 aromatic carbocycles. The maximum Gasteiger partial charge on any atom is 0.573 e. The molecule has 3 rings (SSSR count). The Balaban J connectivity index is 1.58. The molecule has 0 aromatic heterocycles. The zero-order chi connectivity index (χ0) is 24.0. The zero-order valence-corrected chi connectivity index (χ0v) is 18.8. The van der Waals surface area contributed by atoms with E-state index in [1.807, 2.05) is 0 Å². The minimum Gasteiger partial charge on any atom is -0.403 e. The summed E-state index contributed by atoms with van der Waals surface area (Å²) in [5, 5.41) is 0. The van der Waals surface area contributed by atoms with Crippen molar-refractivity contribution in [2.75, 3.05) is 0 Å². The predicted molar refractivity (Wildman–Crippen MR) is 116 cm³/mol. The lowest BCUT2D eigenvalue weighted by molar-refractivity contribution is -0.275. The molecular formula is C26H30F6O. The van der Waals surface area contributed by atoms with Crippen LogP contribution in [0.15, 0.2) is 30.3 Å². The number of aryl methyl sites for hydroxylation is 1. The SMILES string of the molecule is CCCCC1CCC(CCCc2cc(F)c(-c3ccc(OC(F)(F)F)c(F)c3)c(F)c2)CC1. The average Bonchev–Trinajstić information content (AvgIpc) is 2.74. The highest BCUT2D eigenvalue weighted by Crippen LogP contribution is 2.35. The third kappa shape index (κ3) is 7.41. The molecule has 0 atom stereocenters. The largest absolute Gasteiger partial charge is 0.573 e. The number of hydrogen-bond donors (Lipinski definition) is 0. The van der Waals surface area contributed by atoms with Crippen LogP contribution in [-0.4, -0.2) is 6.36 Å². The van der Waals surface area contributed by atoms with E-state index in [0.717, 1.165) is 24.8 Å². The van der Waals surface area contributed by atoms with E-state index in [-0.39, 0.29) is 5.56 Å². The van der Waals surface area contributed by atoms with E-state index in [4.69, 9.17) is 0 Å². The number of ether oxygens (including phenoxy) is 1. The summed E-state index contributed by atoms with van der Waals surface area (Å²) in [4.78, 5) is 0. The van der Waals surface area contributed by atoms with Crippen molar-refractivity contribution in [1.82, 2.24) is 0 Å². The summed E-state index contributed by atoms with van der Waals surface area (Å²) in [5.74, 6) is -2.64. The molecule has 0 radical (unpaired) electrons. The summed E-state index contributed by atoms with van der Waals surface area (Å²) >= 11 is 0. The number of rotatable bonds is 9. The first-order valence-electron chi connectivity index (χ1n) is 11.7. The summed E-state index contributed by atoms with van der Waals surface area (Å²) in [6.07, 6.45) is 6.15. The predicted octanol–water partition coefficient (Wildman–Crippen LogP) is 8.99. The molecule has 2 aromatic rings. The maximum atomic E-state index is 14.7. The van der Waals surface area contributed by atoms with Crippen molar-refractivity contribution in [1.29, 1.82) is 0 Å². The monoisotopic (exact) mass is 472 g/mol. The van der Waals surface area contributed by atoms with Crippen LogP contribution in [0.1, 0.15) is 70.3 Å². The first-order valence-corrected chi connectivity index (χ1v) is 11.7. The Hall–Kier alpha value is -2.18. The highest BCUT2D eigenvalue weighted by atomic mass is 19.4. The number of alkyl halides is 3. The number of benzene rings is 2.